The van der Waals surface area contributed by atoms with Crippen LogP contribution in [0.1, 0.15) is 22.8 Å². The van der Waals surface area contributed by atoms with Gasteiger partial charge in [0.1, 0.15) is 0 Å². The fraction of sp³-hybridized carbons (Fsp3) is 0.118. The minimum atomic E-state index is -0.342. The van der Waals surface area contributed by atoms with Crippen LogP contribution in [0, 0.1) is 0 Å². The van der Waals surface area contributed by atoms with E-state index in [1.54, 1.807) is 42.5 Å². The first-order chi connectivity index (χ1) is 11.9. The van der Waals surface area contributed by atoms with Crippen molar-refractivity contribution >= 4 is 57.9 Å². The number of halogens is 2. The zero-order valence-electron chi connectivity index (χ0n) is 13.2. The molecule has 1 amide bonds. The smallest absolute Gasteiger partial charge is 0.242 e. The van der Waals surface area contributed by atoms with Gasteiger partial charge in [0.15, 0.2) is 10.9 Å². The first-order valence-electron chi connectivity index (χ1n) is 7.26. The van der Waals surface area contributed by atoms with Crippen LogP contribution in [0.3, 0.4) is 0 Å². The Labute approximate surface area is 160 Å². The van der Waals surface area contributed by atoms with Gasteiger partial charge in [-0.3, -0.25) is 20.4 Å². The Morgan fingerprint density at radius 3 is 2.16 bits per heavy atom. The Bertz CT molecular complexity index is 790. The first kappa shape index (κ1) is 19.2. The molecule has 2 aromatic carbocycles. The zero-order chi connectivity index (χ0) is 18.4. The standard InChI is InChI=1S/C17H15Cl2N3O2S/c1-10(23)11-5-7-12(8-6-11)20-17(25)22-21-16(24)9-13-14(18)3-2-4-15(13)19/h2-8H,9H2,1H3,(H,21,24)(H2,20,22,25). The number of carbonyl (C=O) groups excluding carboxylic acids is 2. The lowest BCUT2D eigenvalue weighted by molar-refractivity contribution is -0.121. The molecule has 0 saturated heterocycles. The highest BCUT2D eigenvalue weighted by molar-refractivity contribution is 7.80. The van der Waals surface area contributed by atoms with E-state index in [4.69, 9.17) is 35.4 Å². The van der Waals surface area contributed by atoms with Crippen molar-refractivity contribution in [1.29, 1.82) is 0 Å². The third-order valence-corrected chi connectivity index (χ3v) is 4.18. The summed E-state index contributed by atoms with van der Waals surface area (Å²) < 4.78 is 0. The summed E-state index contributed by atoms with van der Waals surface area (Å²) in [6.45, 7) is 1.50. The molecule has 5 nitrogen and oxygen atoms in total. The first-order valence-corrected chi connectivity index (χ1v) is 8.43. The van der Waals surface area contributed by atoms with Crippen molar-refractivity contribution in [2.45, 2.75) is 13.3 Å². The van der Waals surface area contributed by atoms with Crippen molar-refractivity contribution in [3.8, 4) is 0 Å². The minimum absolute atomic E-state index is 0.0153. The highest BCUT2D eigenvalue weighted by Crippen LogP contribution is 2.24. The van der Waals surface area contributed by atoms with E-state index in [1.807, 2.05) is 0 Å². The van der Waals surface area contributed by atoms with Crippen molar-refractivity contribution < 1.29 is 9.59 Å². The second-order valence-corrected chi connectivity index (χ2v) is 6.36. The number of hydrazine groups is 1. The van der Waals surface area contributed by atoms with Crippen LogP contribution in [-0.4, -0.2) is 16.8 Å². The van der Waals surface area contributed by atoms with Gasteiger partial charge in [-0.25, -0.2) is 0 Å². The van der Waals surface area contributed by atoms with Crippen molar-refractivity contribution in [1.82, 2.24) is 10.9 Å². The van der Waals surface area contributed by atoms with Crippen LogP contribution in [0.2, 0.25) is 10.0 Å². The number of hydrogen-bond acceptors (Lipinski definition) is 3. The number of amides is 1. The third kappa shape index (κ3) is 5.70. The highest BCUT2D eigenvalue weighted by atomic mass is 35.5. The Morgan fingerprint density at radius 1 is 1.00 bits per heavy atom. The molecule has 25 heavy (non-hydrogen) atoms. The topological polar surface area (TPSA) is 70.2 Å². The van der Waals surface area contributed by atoms with Gasteiger partial charge in [-0.15, -0.1) is 0 Å². The van der Waals surface area contributed by atoms with Gasteiger partial charge in [0.25, 0.3) is 0 Å². The molecule has 0 aliphatic rings. The summed E-state index contributed by atoms with van der Waals surface area (Å²) in [5, 5.41) is 3.95. The Hall–Kier alpha value is -2.15. The van der Waals surface area contributed by atoms with Gasteiger partial charge >= 0.3 is 0 Å². The molecule has 0 heterocycles. The van der Waals surface area contributed by atoms with E-state index in [2.05, 4.69) is 16.2 Å². The maximum absolute atomic E-state index is 12.0. The molecule has 0 atom stereocenters. The van der Waals surface area contributed by atoms with E-state index in [9.17, 15) is 9.59 Å². The molecule has 0 bridgehead atoms. The number of carbonyl (C=O) groups is 2. The molecular formula is C17H15Cl2N3O2S. The molecule has 0 aliphatic heterocycles. The lowest BCUT2D eigenvalue weighted by atomic mass is 10.1. The van der Waals surface area contributed by atoms with Crippen LogP contribution < -0.4 is 16.2 Å². The highest BCUT2D eigenvalue weighted by Gasteiger charge is 2.11. The van der Waals surface area contributed by atoms with Crippen LogP contribution in [0.4, 0.5) is 5.69 Å². The number of Topliss-reactive ketones (excluding diaryl/α,β-unsaturated/α-hetero) is 1. The number of nitrogens with one attached hydrogen (secondary N) is 3. The molecule has 2 aromatic rings. The normalized spacial score (nSPS) is 10.0. The van der Waals surface area contributed by atoms with Crippen molar-refractivity contribution in [3.05, 3.63) is 63.6 Å². The zero-order valence-corrected chi connectivity index (χ0v) is 15.6. The van der Waals surface area contributed by atoms with E-state index in [1.165, 1.54) is 6.92 Å². The number of thiocarbonyl (C=S) groups is 1. The van der Waals surface area contributed by atoms with Crippen LogP contribution in [0.5, 0.6) is 0 Å². The Balaban J connectivity index is 1.85. The lowest BCUT2D eigenvalue weighted by Crippen LogP contribution is -2.44. The van der Waals surface area contributed by atoms with Gasteiger partial charge in [-0.1, -0.05) is 29.3 Å². The van der Waals surface area contributed by atoms with E-state index >= 15 is 0 Å². The molecule has 0 unspecified atom stereocenters. The second-order valence-electron chi connectivity index (χ2n) is 5.14. The summed E-state index contributed by atoms with van der Waals surface area (Å²) in [5.41, 5.74) is 6.90. The fourth-order valence-electron chi connectivity index (χ4n) is 1.98. The van der Waals surface area contributed by atoms with E-state index in [0.717, 1.165) is 0 Å². The molecule has 8 heteroatoms. The van der Waals surface area contributed by atoms with Crippen LogP contribution in [0.25, 0.3) is 0 Å². The number of rotatable bonds is 4. The number of ketones is 1. The van der Waals surface area contributed by atoms with E-state index in [0.29, 0.717) is 26.9 Å². The van der Waals surface area contributed by atoms with Crippen molar-refractivity contribution in [3.63, 3.8) is 0 Å². The Morgan fingerprint density at radius 2 is 1.60 bits per heavy atom. The van der Waals surface area contributed by atoms with Crippen LogP contribution in [0.15, 0.2) is 42.5 Å². The summed E-state index contributed by atoms with van der Waals surface area (Å²) in [4.78, 5) is 23.2. The number of anilines is 1. The van der Waals surface area contributed by atoms with Crippen molar-refractivity contribution in [2.24, 2.45) is 0 Å². The summed E-state index contributed by atoms with van der Waals surface area (Å²) in [7, 11) is 0. The average Bonchev–Trinajstić information content (AvgIpc) is 2.57. The summed E-state index contributed by atoms with van der Waals surface area (Å²) in [5.74, 6) is -0.358. The molecule has 0 saturated carbocycles. The van der Waals surface area contributed by atoms with Crippen LogP contribution in [-0.2, 0) is 11.2 Å². The average molecular weight is 396 g/mol. The molecule has 0 radical (unpaired) electrons. The molecular weight excluding hydrogens is 381 g/mol. The predicted molar refractivity (Wildman–Crippen MR) is 104 cm³/mol. The SMILES string of the molecule is CC(=O)c1ccc(NC(=S)NNC(=O)Cc2c(Cl)cccc2Cl)cc1. The molecule has 0 spiro atoms. The second kappa shape index (κ2) is 8.80. The maximum atomic E-state index is 12.0. The number of benzene rings is 2. The largest absolute Gasteiger partial charge is 0.331 e. The van der Waals surface area contributed by atoms with Crippen LogP contribution >= 0.6 is 35.4 Å². The van der Waals surface area contributed by atoms with Crippen molar-refractivity contribution in [2.75, 3.05) is 5.32 Å². The Kier molecular flexibility index (Phi) is 6.75. The van der Waals surface area contributed by atoms with Gasteiger partial charge in [-0.05, 0) is 61.1 Å². The maximum Gasteiger partial charge on any atom is 0.242 e. The fourth-order valence-corrected chi connectivity index (χ4v) is 2.68. The third-order valence-electron chi connectivity index (χ3n) is 3.26. The van der Waals surface area contributed by atoms with Gasteiger partial charge in [0.2, 0.25) is 5.91 Å². The van der Waals surface area contributed by atoms with Gasteiger partial charge in [0, 0.05) is 21.3 Å². The summed E-state index contributed by atoms with van der Waals surface area (Å²) in [6.07, 6.45) is 0.0153. The summed E-state index contributed by atoms with van der Waals surface area (Å²) >= 11 is 17.2. The monoisotopic (exact) mass is 395 g/mol. The van der Waals surface area contributed by atoms with Gasteiger partial charge < -0.3 is 5.32 Å². The van der Waals surface area contributed by atoms with Gasteiger partial charge in [-0.2, -0.15) is 0 Å². The summed E-state index contributed by atoms with van der Waals surface area (Å²) in [6, 6.07) is 11.9. The quantitative estimate of drug-likeness (QED) is 0.417. The molecule has 3 N–H and O–H groups in total. The molecule has 0 aliphatic carbocycles. The minimum Gasteiger partial charge on any atom is -0.331 e. The van der Waals surface area contributed by atoms with E-state index in [-0.39, 0.29) is 23.2 Å². The number of hydrogen-bond donors (Lipinski definition) is 3. The lowest BCUT2D eigenvalue weighted by Gasteiger charge is -2.12. The van der Waals surface area contributed by atoms with E-state index < -0.39 is 0 Å². The molecule has 0 fully saturated rings. The molecule has 130 valence electrons. The molecule has 2 rings (SSSR count). The van der Waals surface area contributed by atoms with Gasteiger partial charge in [0.05, 0.1) is 6.42 Å². The molecule has 0 aromatic heterocycles. The predicted octanol–water partition coefficient (Wildman–Crippen LogP) is 3.76.